The molecule has 3 atom stereocenters. The molecular weight excluding hydrogens is 1170 g/mol. The predicted octanol–water partition coefficient (Wildman–Crippen LogP) is 12.5. The van der Waals surface area contributed by atoms with E-state index in [1.165, 1.54) is 6.92 Å². The van der Waals surface area contributed by atoms with Crippen molar-refractivity contribution in [3.63, 3.8) is 0 Å². The monoisotopic (exact) mass is 1250 g/mol. The van der Waals surface area contributed by atoms with Crippen LogP contribution in [0.15, 0.2) is 135 Å². The molecule has 4 aromatic rings. The molecular formula is C62H76Br2N2O15. The number of esters is 5. The highest BCUT2D eigenvalue weighted by Gasteiger charge is 2.13. The molecule has 0 aliphatic carbocycles. The summed E-state index contributed by atoms with van der Waals surface area (Å²) >= 11 is 6.59. The van der Waals surface area contributed by atoms with Gasteiger partial charge < -0.3 is 43.7 Å². The molecule has 0 heterocycles. The second-order valence-electron chi connectivity index (χ2n) is 17.5. The Morgan fingerprint density at radius 1 is 0.519 bits per heavy atom. The number of carbonyl (C=O) groups excluding carboxylic acids is 5. The molecule has 0 amide bonds. The number of hydrogen-bond acceptors (Lipinski definition) is 16. The van der Waals surface area contributed by atoms with Crippen molar-refractivity contribution < 1.29 is 72.5 Å². The molecule has 0 fully saturated rings. The molecule has 4 rings (SSSR count). The highest BCUT2D eigenvalue weighted by atomic mass is 79.9. The number of hydrogen-bond donors (Lipinski definition) is 3. The van der Waals surface area contributed by atoms with E-state index in [0.717, 1.165) is 108 Å². The second kappa shape index (κ2) is 47.2. The van der Waals surface area contributed by atoms with Crippen molar-refractivity contribution in [2.24, 2.45) is 0 Å². The molecule has 0 saturated heterocycles. The van der Waals surface area contributed by atoms with Crippen LogP contribution >= 0.6 is 31.9 Å². The van der Waals surface area contributed by atoms with Gasteiger partial charge in [0.15, 0.2) is 0 Å². The molecule has 3 unspecified atom stereocenters. The van der Waals surface area contributed by atoms with Crippen LogP contribution in [0.25, 0.3) is 22.3 Å². The summed E-state index contributed by atoms with van der Waals surface area (Å²) in [6.45, 7) is 15.3. The van der Waals surface area contributed by atoms with Gasteiger partial charge in [-0.15, -0.1) is 0 Å². The molecule has 0 aliphatic rings. The first-order chi connectivity index (χ1) is 38.8. The number of halogens is 2. The molecule has 4 aromatic carbocycles. The predicted molar refractivity (Wildman–Crippen MR) is 317 cm³/mol. The van der Waals surface area contributed by atoms with Gasteiger partial charge in [-0.2, -0.15) is 10.5 Å². The Morgan fingerprint density at radius 2 is 0.864 bits per heavy atom. The number of phenols is 1. The van der Waals surface area contributed by atoms with Gasteiger partial charge in [0.05, 0.1) is 36.0 Å². The number of benzene rings is 4. The average Bonchev–Trinajstić information content (AvgIpc) is 3.48. The van der Waals surface area contributed by atoms with Crippen LogP contribution < -0.4 is 4.74 Å². The van der Waals surface area contributed by atoms with E-state index in [9.17, 15) is 28.8 Å². The molecule has 19 heteroatoms. The van der Waals surface area contributed by atoms with Crippen LogP contribution in [-0.2, 0) is 52.5 Å². The standard InChI is InChI=1S/C25H27NO5.C13H9NO.C12H19BrO4.C6H11BrO2.C6H10O3/c1-3-24(27)30-18-19(2)31-25(28)7-5-4-6-16-29-23-14-12-22(13-15-23)21-10-8-20(17-26)9-11-21;14-9-10-1-3-11(4-2-10)12-5-7-13(15)8-6-12;1-3-11(14)16-9-10(2)17-12(15)7-5-4-6-8-13;7-5-3-1-2-4-6(8)9;1-3-6(8)9-4-5(2)7/h3,8-15,19H,1,4-7,16,18H2,2H3;1-8,15H;3,10H,1,4-9H2,2H3;1-5H2,(H,8,9);3,5,7H,1,4H2,2H3. The summed E-state index contributed by atoms with van der Waals surface area (Å²) in [6, 6.07) is 33.8. The van der Waals surface area contributed by atoms with E-state index in [1.54, 1.807) is 50.2 Å². The molecule has 0 spiro atoms. The lowest BCUT2D eigenvalue weighted by Gasteiger charge is -2.13. The van der Waals surface area contributed by atoms with E-state index in [2.05, 4.69) is 68.5 Å². The molecule has 438 valence electrons. The maximum atomic E-state index is 11.8. The van der Waals surface area contributed by atoms with Gasteiger partial charge in [0, 0.05) is 48.2 Å². The number of nitriles is 2. The van der Waals surface area contributed by atoms with Crippen LogP contribution in [0.2, 0.25) is 0 Å². The fraction of sp³-hybridized carbons (Fsp3) is 0.387. The third-order valence-corrected chi connectivity index (χ3v) is 11.4. The number of ether oxygens (including phenoxy) is 6. The van der Waals surface area contributed by atoms with E-state index in [1.807, 2.05) is 60.7 Å². The fourth-order valence-corrected chi connectivity index (χ4v) is 6.90. The highest BCUT2D eigenvalue weighted by Crippen LogP contribution is 2.24. The Balaban J connectivity index is 0.00000108. The van der Waals surface area contributed by atoms with E-state index in [4.69, 9.17) is 49.5 Å². The van der Waals surface area contributed by atoms with Crippen molar-refractivity contribution in [1.82, 2.24) is 0 Å². The normalized spacial score (nSPS) is 10.9. The Morgan fingerprint density at radius 3 is 1.21 bits per heavy atom. The number of nitrogens with zero attached hydrogens (tertiary/aromatic N) is 2. The number of carboxylic acids is 1. The molecule has 81 heavy (non-hydrogen) atoms. The maximum absolute atomic E-state index is 11.8. The van der Waals surface area contributed by atoms with Crippen molar-refractivity contribution in [3.05, 3.63) is 146 Å². The lowest BCUT2D eigenvalue weighted by molar-refractivity contribution is -0.155. The lowest BCUT2D eigenvalue weighted by atomic mass is 10.0. The number of unbranched alkanes of at least 4 members (excludes halogenated alkanes) is 6. The summed E-state index contributed by atoms with van der Waals surface area (Å²) in [5.41, 5.74) is 5.46. The van der Waals surface area contributed by atoms with E-state index in [0.29, 0.717) is 43.4 Å². The lowest BCUT2D eigenvalue weighted by Crippen LogP contribution is -2.21. The zero-order valence-electron chi connectivity index (χ0n) is 46.4. The molecule has 0 bridgehead atoms. The third kappa shape index (κ3) is 40.3. The Hall–Kier alpha value is -7.58. The van der Waals surface area contributed by atoms with Crippen LogP contribution in [0, 0.1) is 22.7 Å². The van der Waals surface area contributed by atoms with Gasteiger partial charge in [-0.3, -0.25) is 14.4 Å². The summed E-state index contributed by atoms with van der Waals surface area (Å²) in [7, 11) is 0. The number of aliphatic hydroxyl groups excluding tert-OH is 1. The number of carboxylic acid groups (broad SMARTS) is 1. The SMILES string of the molecule is C=CC(=O)OCC(C)O.C=CC(=O)OCC(C)OC(=O)CCCCCBr.C=CC(=O)OCC(C)OC(=O)CCCCCOc1ccc(-c2ccc(C#N)cc2)cc1.N#Cc1ccc(-c2ccc(O)cc2)cc1.O=C(O)CCCCCBr. The van der Waals surface area contributed by atoms with Crippen molar-refractivity contribution >= 4 is 67.7 Å². The summed E-state index contributed by atoms with van der Waals surface area (Å²) in [6.07, 6.45) is 10.9. The molecule has 0 saturated carbocycles. The van der Waals surface area contributed by atoms with Crippen LogP contribution in [-0.4, -0.2) is 107 Å². The van der Waals surface area contributed by atoms with E-state index >= 15 is 0 Å². The highest BCUT2D eigenvalue weighted by molar-refractivity contribution is 9.09. The zero-order valence-corrected chi connectivity index (χ0v) is 49.6. The summed E-state index contributed by atoms with van der Waals surface area (Å²) < 4.78 is 30.0. The molecule has 0 aromatic heterocycles. The second-order valence-corrected chi connectivity index (χ2v) is 19.0. The number of carbonyl (C=O) groups is 6. The molecule has 0 aliphatic heterocycles. The Kier molecular flexibility index (Phi) is 42.8. The largest absolute Gasteiger partial charge is 0.508 e. The number of aromatic hydroxyl groups is 1. The first-order valence-electron chi connectivity index (χ1n) is 26.2. The maximum Gasteiger partial charge on any atom is 0.330 e. The van der Waals surface area contributed by atoms with Crippen LogP contribution in [0.1, 0.15) is 109 Å². The fourth-order valence-electron chi connectivity index (χ4n) is 6.11. The van der Waals surface area contributed by atoms with Gasteiger partial charge in [-0.05, 0) is 137 Å². The number of rotatable bonds is 30. The minimum atomic E-state index is -0.690. The quantitative estimate of drug-likeness (QED) is 0.0144. The summed E-state index contributed by atoms with van der Waals surface area (Å²) in [5.74, 6) is -1.74. The van der Waals surface area contributed by atoms with Gasteiger partial charge in [0.2, 0.25) is 0 Å². The first-order valence-corrected chi connectivity index (χ1v) is 28.4. The summed E-state index contributed by atoms with van der Waals surface area (Å²) in [4.78, 5) is 65.1. The minimum absolute atomic E-state index is 0.0222. The van der Waals surface area contributed by atoms with E-state index < -0.39 is 42.2 Å². The number of aliphatic carboxylic acids is 1. The van der Waals surface area contributed by atoms with E-state index in [-0.39, 0.29) is 37.5 Å². The summed E-state index contributed by atoms with van der Waals surface area (Å²) in [5, 5.41) is 45.4. The van der Waals surface area contributed by atoms with Gasteiger partial charge in [0.1, 0.15) is 43.5 Å². The van der Waals surface area contributed by atoms with Crippen molar-refractivity contribution in [2.75, 3.05) is 37.1 Å². The minimum Gasteiger partial charge on any atom is -0.508 e. The van der Waals surface area contributed by atoms with Crippen molar-refractivity contribution in [2.45, 2.75) is 116 Å². The van der Waals surface area contributed by atoms with Crippen molar-refractivity contribution in [3.8, 4) is 45.9 Å². The smallest absolute Gasteiger partial charge is 0.330 e. The third-order valence-electron chi connectivity index (χ3n) is 10.3. The van der Waals surface area contributed by atoms with Crippen LogP contribution in [0.4, 0.5) is 0 Å². The topological polar surface area (TPSA) is 266 Å². The van der Waals surface area contributed by atoms with Gasteiger partial charge in [-0.25, -0.2) is 14.4 Å². The first kappa shape index (κ1) is 73.4. The van der Waals surface area contributed by atoms with Crippen molar-refractivity contribution in [1.29, 1.82) is 10.5 Å². The Bertz CT molecular complexity index is 2540. The average molecular weight is 1250 g/mol. The Labute approximate surface area is 493 Å². The zero-order chi connectivity index (χ0) is 60.6. The van der Waals surface area contributed by atoms with Crippen LogP contribution in [0.5, 0.6) is 11.5 Å². The number of phenolic OH excluding ortho intramolecular Hbond substituents is 1. The van der Waals surface area contributed by atoms with Gasteiger partial charge >= 0.3 is 35.8 Å². The number of aliphatic hydroxyl groups is 1. The molecule has 0 radical (unpaired) electrons. The number of alkyl halides is 2. The van der Waals surface area contributed by atoms with Crippen LogP contribution in [0.3, 0.4) is 0 Å². The molecule has 3 N–H and O–H groups in total. The molecule has 17 nitrogen and oxygen atoms in total. The van der Waals surface area contributed by atoms with Gasteiger partial charge in [-0.1, -0.05) is 113 Å². The van der Waals surface area contributed by atoms with Gasteiger partial charge in [0.25, 0.3) is 0 Å².